The Morgan fingerprint density at radius 2 is 2.00 bits per heavy atom. The highest BCUT2D eigenvalue weighted by Gasteiger charge is 1.84. The molecule has 2 heteroatoms. The van der Waals surface area contributed by atoms with Crippen molar-refractivity contribution in [2.24, 2.45) is 0 Å². The van der Waals surface area contributed by atoms with Gasteiger partial charge in [0.25, 0.3) is 0 Å². The van der Waals surface area contributed by atoms with E-state index in [1.807, 2.05) is 0 Å². The van der Waals surface area contributed by atoms with E-state index in [0.29, 0.717) is 0 Å². The molecule has 40 valence electrons. The smallest absolute Gasteiger partial charge is 0.0894 e. The first-order valence-electron chi connectivity index (χ1n) is 3.41. The van der Waals surface area contributed by atoms with Crippen molar-refractivity contribution in [1.82, 2.24) is 0 Å². The summed E-state index contributed by atoms with van der Waals surface area (Å²) in [5.74, 6) is 0. The Balaban J connectivity index is 2.45. The molecule has 0 saturated heterocycles. The van der Waals surface area contributed by atoms with Gasteiger partial charge in [0.05, 0.1) is 0 Å². The van der Waals surface area contributed by atoms with Crippen molar-refractivity contribution < 1.29 is 0 Å². The van der Waals surface area contributed by atoms with Crippen molar-refractivity contribution in [3.05, 3.63) is 0 Å². The molecule has 0 spiro atoms. The average molecular weight is 95.8 g/mol. The van der Waals surface area contributed by atoms with E-state index in [1.54, 1.807) is 0 Å². The zero-order chi connectivity index (χ0) is 5.54. The van der Waals surface area contributed by atoms with Crippen molar-refractivity contribution >= 4 is 14.6 Å². The van der Waals surface area contributed by atoms with Crippen LogP contribution in [0.15, 0.2) is 0 Å². The molecular weight excluding hydrogens is 81.7 g/mol. The SMILES string of the molecule is CBCCBCC. The molecule has 0 bridgehead atoms. The molecule has 0 atom stereocenters. The summed E-state index contributed by atoms with van der Waals surface area (Å²) in [5.41, 5.74) is 0. The van der Waals surface area contributed by atoms with Crippen LogP contribution in [0.2, 0.25) is 25.8 Å². The molecule has 0 aliphatic carbocycles. The molecule has 0 nitrogen and oxygen atoms in total. The van der Waals surface area contributed by atoms with Crippen LogP contribution in [0.1, 0.15) is 6.92 Å². The van der Waals surface area contributed by atoms with E-state index in [-0.39, 0.29) is 0 Å². The van der Waals surface area contributed by atoms with Gasteiger partial charge in [0.2, 0.25) is 0 Å². The Bertz CT molecular complexity index is 25.3. The molecule has 0 aromatic rings. The summed E-state index contributed by atoms with van der Waals surface area (Å²) in [6, 6.07) is 0. The van der Waals surface area contributed by atoms with Gasteiger partial charge in [-0.3, -0.25) is 0 Å². The van der Waals surface area contributed by atoms with Crippen molar-refractivity contribution in [2.75, 3.05) is 0 Å². The van der Waals surface area contributed by atoms with Gasteiger partial charge in [-0.1, -0.05) is 32.7 Å². The third-order valence-electron chi connectivity index (χ3n) is 1.21. The fourth-order valence-corrected chi connectivity index (χ4v) is 0.677. The van der Waals surface area contributed by atoms with Crippen molar-refractivity contribution in [3.63, 3.8) is 0 Å². The van der Waals surface area contributed by atoms with Gasteiger partial charge in [-0.05, 0) is 0 Å². The van der Waals surface area contributed by atoms with Gasteiger partial charge >= 0.3 is 0 Å². The summed E-state index contributed by atoms with van der Waals surface area (Å²) in [6.45, 7) is 4.49. The maximum atomic E-state index is 2.25. The molecule has 7 heavy (non-hydrogen) atoms. The highest BCUT2D eigenvalue weighted by atomic mass is 13.6. The molecule has 0 aliphatic heterocycles. The number of rotatable bonds is 4. The molecule has 0 aromatic carbocycles. The van der Waals surface area contributed by atoms with Crippen molar-refractivity contribution in [2.45, 2.75) is 32.7 Å². The van der Waals surface area contributed by atoms with Crippen LogP contribution < -0.4 is 0 Å². The van der Waals surface area contributed by atoms with Gasteiger partial charge < -0.3 is 0 Å². The second-order valence-electron chi connectivity index (χ2n) is 2.06. The summed E-state index contributed by atoms with van der Waals surface area (Å²) in [7, 11) is 2.79. The summed E-state index contributed by atoms with van der Waals surface area (Å²) in [6.07, 6.45) is 4.22. The van der Waals surface area contributed by atoms with Crippen LogP contribution >= 0.6 is 0 Å². The minimum absolute atomic E-state index is 1.36. The standard InChI is InChI=1S/C5H14B2/c1-3-7-5-4-6-2/h6-7H,3-5H2,1-2H3. The fourth-order valence-electron chi connectivity index (χ4n) is 0.677. The zero-order valence-corrected chi connectivity index (χ0v) is 5.54. The molecule has 0 rings (SSSR count). The highest BCUT2D eigenvalue weighted by molar-refractivity contribution is 6.41. The molecule has 0 fully saturated rings. The molecule has 0 radical (unpaired) electrons. The number of hydrogen-bond acceptors (Lipinski definition) is 0. The van der Waals surface area contributed by atoms with E-state index in [0.717, 1.165) is 0 Å². The van der Waals surface area contributed by atoms with E-state index in [1.165, 1.54) is 33.5 Å². The monoisotopic (exact) mass is 96.1 g/mol. The number of hydrogen-bond donors (Lipinski definition) is 0. The van der Waals surface area contributed by atoms with Gasteiger partial charge in [0.15, 0.2) is 0 Å². The minimum Gasteiger partial charge on any atom is -0.0894 e. The molecule has 0 amide bonds. The summed E-state index contributed by atoms with van der Waals surface area (Å²) >= 11 is 0. The van der Waals surface area contributed by atoms with Crippen molar-refractivity contribution in [1.29, 1.82) is 0 Å². The maximum absolute atomic E-state index is 2.25. The molecule has 0 saturated carbocycles. The Morgan fingerprint density at radius 1 is 1.29 bits per heavy atom. The highest BCUT2D eigenvalue weighted by Crippen LogP contribution is 1.89. The van der Waals surface area contributed by atoms with Crippen LogP contribution in [0.3, 0.4) is 0 Å². The van der Waals surface area contributed by atoms with Crippen LogP contribution in [-0.2, 0) is 0 Å². The fraction of sp³-hybridized carbons (Fsp3) is 1.00. The largest absolute Gasteiger partial charge is 0.119 e. The molecular formula is C5H14B2. The normalized spacial score (nSPS) is 8.29. The zero-order valence-electron chi connectivity index (χ0n) is 5.54. The molecule has 0 aromatic heterocycles. The lowest BCUT2D eigenvalue weighted by molar-refractivity contribution is 1.34. The first-order chi connectivity index (χ1) is 3.41. The van der Waals surface area contributed by atoms with Crippen LogP contribution in [0, 0.1) is 0 Å². The summed E-state index contributed by atoms with van der Waals surface area (Å²) in [5, 5.41) is 0. The lowest BCUT2D eigenvalue weighted by Gasteiger charge is -1.87. The summed E-state index contributed by atoms with van der Waals surface area (Å²) in [4.78, 5) is 0. The van der Waals surface area contributed by atoms with Crippen LogP contribution in [0.4, 0.5) is 0 Å². The van der Waals surface area contributed by atoms with Gasteiger partial charge in [0.1, 0.15) is 14.6 Å². The van der Waals surface area contributed by atoms with Gasteiger partial charge in [-0.2, -0.15) is 0 Å². The van der Waals surface area contributed by atoms with E-state index in [2.05, 4.69) is 13.7 Å². The average Bonchev–Trinajstić information content (AvgIpc) is 1.69. The Labute approximate surface area is 48.2 Å². The lowest BCUT2D eigenvalue weighted by Crippen LogP contribution is -1.87. The molecule has 0 unspecified atom stereocenters. The van der Waals surface area contributed by atoms with Crippen LogP contribution in [0.25, 0.3) is 0 Å². The quantitative estimate of drug-likeness (QED) is 0.364. The van der Waals surface area contributed by atoms with Gasteiger partial charge in [-0.25, -0.2) is 0 Å². The van der Waals surface area contributed by atoms with E-state index in [4.69, 9.17) is 0 Å². The minimum atomic E-state index is 1.36. The van der Waals surface area contributed by atoms with E-state index >= 15 is 0 Å². The van der Waals surface area contributed by atoms with Gasteiger partial charge in [-0.15, -0.1) is 0 Å². The summed E-state index contributed by atoms with van der Waals surface area (Å²) < 4.78 is 0. The van der Waals surface area contributed by atoms with E-state index in [9.17, 15) is 0 Å². The Hall–Kier alpha value is 0.130. The first-order valence-corrected chi connectivity index (χ1v) is 3.41. The molecule has 0 heterocycles. The first kappa shape index (κ1) is 7.13. The second-order valence-corrected chi connectivity index (χ2v) is 2.06. The van der Waals surface area contributed by atoms with Crippen LogP contribution in [-0.4, -0.2) is 14.6 Å². The molecule has 0 N–H and O–H groups in total. The Morgan fingerprint density at radius 3 is 2.43 bits per heavy atom. The van der Waals surface area contributed by atoms with Crippen LogP contribution in [0.5, 0.6) is 0 Å². The lowest BCUT2D eigenvalue weighted by atomic mass is 9.62. The Kier molecular flexibility index (Phi) is 6.24. The predicted octanol–water partition coefficient (Wildman–Crippen LogP) is 1.18. The van der Waals surface area contributed by atoms with Crippen molar-refractivity contribution in [3.8, 4) is 0 Å². The topological polar surface area (TPSA) is 0 Å². The third-order valence-corrected chi connectivity index (χ3v) is 1.21. The second kappa shape index (κ2) is 6.13. The van der Waals surface area contributed by atoms with Gasteiger partial charge in [0, 0.05) is 0 Å². The predicted molar refractivity (Wildman–Crippen MR) is 40.3 cm³/mol. The maximum Gasteiger partial charge on any atom is 0.119 e. The van der Waals surface area contributed by atoms with E-state index < -0.39 is 0 Å². The molecule has 0 aliphatic rings. The third kappa shape index (κ3) is 6.13.